The van der Waals surface area contributed by atoms with Crippen molar-refractivity contribution in [3.8, 4) is 23.0 Å². The summed E-state index contributed by atoms with van der Waals surface area (Å²) in [5.41, 5.74) is 1.05. The summed E-state index contributed by atoms with van der Waals surface area (Å²) in [5.74, 6) is 0.696. The predicted molar refractivity (Wildman–Crippen MR) is 96.8 cm³/mol. The van der Waals surface area contributed by atoms with Crippen LogP contribution in [-0.2, 0) is 4.79 Å². The molecule has 2 aromatic carbocycles. The van der Waals surface area contributed by atoms with Gasteiger partial charge in [0.15, 0.2) is 11.5 Å². The number of hydrogen-bond donors (Lipinski definition) is 1. The predicted octanol–water partition coefficient (Wildman–Crippen LogP) is 3.97. The highest BCUT2D eigenvalue weighted by Crippen LogP contribution is 2.30. The third-order valence-corrected chi connectivity index (χ3v) is 3.50. The van der Waals surface area contributed by atoms with Crippen molar-refractivity contribution < 1.29 is 32.5 Å². The highest BCUT2D eigenvalue weighted by molar-refractivity contribution is 6.02. The lowest BCUT2D eigenvalue weighted by Crippen LogP contribution is -2.09. The smallest absolute Gasteiger partial charge is 0.387 e. The van der Waals surface area contributed by atoms with Crippen molar-refractivity contribution in [1.82, 2.24) is 0 Å². The van der Waals surface area contributed by atoms with Crippen molar-refractivity contribution in [2.24, 2.45) is 0 Å². The van der Waals surface area contributed by atoms with Crippen LogP contribution in [-0.4, -0.2) is 33.8 Å². The first-order chi connectivity index (χ1) is 13.0. The quantitative estimate of drug-likeness (QED) is 0.703. The average Bonchev–Trinajstić information content (AvgIpc) is 2.67. The second kappa shape index (κ2) is 9.42. The van der Waals surface area contributed by atoms with Gasteiger partial charge in [0.05, 0.1) is 27.0 Å². The van der Waals surface area contributed by atoms with Crippen molar-refractivity contribution in [2.75, 3.05) is 26.6 Å². The van der Waals surface area contributed by atoms with Gasteiger partial charge in [-0.3, -0.25) is 4.79 Å². The number of methoxy groups -OCH3 is 3. The van der Waals surface area contributed by atoms with Gasteiger partial charge in [0.1, 0.15) is 11.5 Å². The fraction of sp³-hybridized carbons (Fsp3) is 0.211. The fourth-order valence-electron chi connectivity index (χ4n) is 2.23. The summed E-state index contributed by atoms with van der Waals surface area (Å²) in [6.07, 6.45) is 2.81. The maximum absolute atomic E-state index is 12.3. The molecule has 2 rings (SSSR count). The number of ether oxygens (including phenoxy) is 4. The van der Waals surface area contributed by atoms with E-state index in [-0.39, 0.29) is 11.5 Å². The number of anilines is 1. The number of hydrogen-bond acceptors (Lipinski definition) is 5. The van der Waals surface area contributed by atoms with Gasteiger partial charge in [0.25, 0.3) is 0 Å². The topological polar surface area (TPSA) is 66.0 Å². The molecule has 144 valence electrons. The zero-order valence-corrected chi connectivity index (χ0v) is 15.0. The molecule has 0 saturated carbocycles. The molecule has 0 fully saturated rings. The molecule has 27 heavy (non-hydrogen) atoms. The van der Waals surface area contributed by atoms with Crippen molar-refractivity contribution >= 4 is 17.7 Å². The van der Waals surface area contributed by atoms with Gasteiger partial charge in [-0.1, -0.05) is 6.07 Å². The molecular formula is C19H19F2NO5. The van der Waals surface area contributed by atoms with Gasteiger partial charge >= 0.3 is 6.61 Å². The SMILES string of the molecule is COc1ccc(NC(=O)C=Cc2ccc(OC(F)F)c(OC)c2)c(OC)c1. The van der Waals surface area contributed by atoms with Crippen molar-refractivity contribution in [2.45, 2.75) is 6.61 Å². The van der Waals surface area contributed by atoms with Gasteiger partial charge in [0, 0.05) is 12.1 Å². The van der Waals surface area contributed by atoms with Gasteiger partial charge in [-0.05, 0) is 35.9 Å². The lowest BCUT2D eigenvalue weighted by atomic mass is 10.2. The van der Waals surface area contributed by atoms with E-state index in [1.165, 1.54) is 51.7 Å². The molecule has 0 aliphatic heterocycles. The Kier molecular flexibility index (Phi) is 6.99. The largest absolute Gasteiger partial charge is 0.497 e. The van der Waals surface area contributed by atoms with Crippen LogP contribution in [0.1, 0.15) is 5.56 Å². The minimum Gasteiger partial charge on any atom is -0.497 e. The molecule has 0 radical (unpaired) electrons. The van der Waals surface area contributed by atoms with E-state index in [1.54, 1.807) is 18.2 Å². The summed E-state index contributed by atoms with van der Waals surface area (Å²) in [5, 5.41) is 2.69. The highest BCUT2D eigenvalue weighted by atomic mass is 19.3. The van der Waals surface area contributed by atoms with Crippen LogP contribution in [0.25, 0.3) is 6.08 Å². The van der Waals surface area contributed by atoms with E-state index in [1.807, 2.05) is 0 Å². The van der Waals surface area contributed by atoms with Crippen LogP contribution < -0.4 is 24.3 Å². The Bertz CT molecular complexity index is 824. The maximum atomic E-state index is 12.3. The molecular weight excluding hydrogens is 360 g/mol. The summed E-state index contributed by atoms with van der Waals surface area (Å²) < 4.78 is 44.4. The first-order valence-electron chi connectivity index (χ1n) is 7.80. The summed E-state index contributed by atoms with van der Waals surface area (Å²) >= 11 is 0. The van der Waals surface area contributed by atoms with Crippen molar-refractivity contribution in [3.63, 3.8) is 0 Å². The second-order valence-electron chi connectivity index (χ2n) is 5.18. The zero-order chi connectivity index (χ0) is 19.8. The van der Waals surface area contributed by atoms with E-state index in [0.29, 0.717) is 22.7 Å². The molecule has 1 N–H and O–H groups in total. The van der Waals surface area contributed by atoms with Gasteiger partial charge < -0.3 is 24.3 Å². The summed E-state index contributed by atoms with van der Waals surface area (Å²) in [6.45, 7) is -2.95. The summed E-state index contributed by atoms with van der Waals surface area (Å²) in [7, 11) is 4.35. The third kappa shape index (κ3) is 5.60. The Morgan fingerprint density at radius 3 is 2.33 bits per heavy atom. The number of nitrogens with one attached hydrogen (secondary N) is 1. The van der Waals surface area contributed by atoms with E-state index in [4.69, 9.17) is 14.2 Å². The number of alkyl halides is 2. The van der Waals surface area contributed by atoms with Crippen LogP contribution >= 0.6 is 0 Å². The zero-order valence-electron chi connectivity index (χ0n) is 15.0. The molecule has 0 unspecified atom stereocenters. The van der Waals surface area contributed by atoms with Crippen molar-refractivity contribution in [1.29, 1.82) is 0 Å². The Morgan fingerprint density at radius 2 is 1.70 bits per heavy atom. The number of rotatable bonds is 8. The van der Waals surface area contributed by atoms with E-state index >= 15 is 0 Å². The van der Waals surface area contributed by atoms with Gasteiger partial charge in [-0.2, -0.15) is 8.78 Å². The molecule has 0 aliphatic rings. The average molecular weight is 379 g/mol. The number of carbonyl (C=O) groups is 1. The Morgan fingerprint density at radius 1 is 0.963 bits per heavy atom. The van der Waals surface area contributed by atoms with Gasteiger partial charge in [-0.25, -0.2) is 0 Å². The monoisotopic (exact) mass is 379 g/mol. The third-order valence-electron chi connectivity index (χ3n) is 3.50. The van der Waals surface area contributed by atoms with E-state index in [0.717, 1.165) is 0 Å². The second-order valence-corrected chi connectivity index (χ2v) is 5.18. The number of halogens is 2. The first-order valence-corrected chi connectivity index (χ1v) is 7.80. The molecule has 0 heterocycles. The standard InChI is InChI=1S/C19H19F2NO5/c1-24-13-6-7-14(16(11-13)25-2)22-18(23)9-5-12-4-8-15(27-19(20)21)17(10-12)26-3/h4-11,19H,1-3H3,(H,22,23). The number of benzene rings is 2. The fourth-order valence-corrected chi connectivity index (χ4v) is 2.23. The van der Waals surface area contributed by atoms with E-state index in [9.17, 15) is 13.6 Å². The van der Waals surface area contributed by atoms with Gasteiger partial charge in [0.2, 0.25) is 5.91 Å². The number of carbonyl (C=O) groups excluding carboxylic acids is 1. The molecule has 0 atom stereocenters. The Balaban J connectivity index is 2.10. The molecule has 1 amide bonds. The molecule has 2 aromatic rings. The summed E-state index contributed by atoms with van der Waals surface area (Å²) in [4.78, 5) is 12.1. The molecule has 6 nitrogen and oxygen atoms in total. The molecule has 0 aliphatic carbocycles. The summed E-state index contributed by atoms with van der Waals surface area (Å²) in [6, 6.07) is 9.34. The maximum Gasteiger partial charge on any atom is 0.387 e. The molecule has 0 aromatic heterocycles. The highest BCUT2D eigenvalue weighted by Gasteiger charge is 2.11. The van der Waals surface area contributed by atoms with Crippen LogP contribution in [0.15, 0.2) is 42.5 Å². The lowest BCUT2D eigenvalue weighted by molar-refractivity contribution is -0.111. The Hall–Kier alpha value is -3.29. The molecule has 8 heteroatoms. The minimum atomic E-state index is -2.95. The first kappa shape index (κ1) is 20.0. The van der Waals surface area contributed by atoms with Gasteiger partial charge in [-0.15, -0.1) is 0 Å². The normalized spacial score (nSPS) is 10.7. The minimum absolute atomic E-state index is 0.0860. The van der Waals surface area contributed by atoms with Crippen LogP contribution in [0.3, 0.4) is 0 Å². The van der Waals surface area contributed by atoms with Crippen LogP contribution in [0.2, 0.25) is 0 Å². The molecule has 0 saturated heterocycles. The van der Waals surface area contributed by atoms with Crippen LogP contribution in [0.5, 0.6) is 23.0 Å². The van der Waals surface area contributed by atoms with E-state index < -0.39 is 12.5 Å². The Labute approximate surface area is 155 Å². The van der Waals surface area contributed by atoms with Crippen LogP contribution in [0, 0.1) is 0 Å². The van der Waals surface area contributed by atoms with Crippen molar-refractivity contribution in [3.05, 3.63) is 48.0 Å². The van der Waals surface area contributed by atoms with E-state index in [2.05, 4.69) is 10.1 Å². The number of amides is 1. The molecule has 0 spiro atoms. The lowest BCUT2D eigenvalue weighted by Gasteiger charge is -2.11. The van der Waals surface area contributed by atoms with Crippen LogP contribution in [0.4, 0.5) is 14.5 Å². The molecule has 0 bridgehead atoms.